The van der Waals surface area contributed by atoms with Crippen LogP contribution in [0, 0.1) is 20.8 Å². The van der Waals surface area contributed by atoms with Crippen molar-refractivity contribution in [3.8, 4) is 17.2 Å². The van der Waals surface area contributed by atoms with Gasteiger partial charge in [0, 0.05) is 36.6 Å². The van der Waals surface area contributed by atoms with Crippen molar-refractivity contribution in [3.05, 3.63) is 46.5 Å². The fraction of sp³-hybridized carbons (Fsp3) is 0.536. The zero-order valence-corrected chi connectivity index (χ0v) is 24.4. The molecule has 0 aromatic heterocycles. The summed E-state index contributed by atoms with van der Waals surface area (Å²) in [5.41, 5.74) is 2.72. The molecular weight excluding hydrogens is 438 g/mol. The first kappa shape index (κ1) is 30.6. The Hall–Kier alpha value is -1.46. The van der Waals surface area contributed by atoms with E-state index in [0.29, 0.717) is 17.2 Å². The summed E-state index contributed by atoms with van der Waals surface area (Å²) in [6.07, 6.45) is 0. The van der Waals surface area contributed by atoms with Gasteiger partial charge in [-0.05, 0) is 103 Å². The van der Waals surface area contributed by atoms with E-state index in [0.717, 1.165) is 27.6 Å². The minimum Gasteiger partial charge on any atom is -0.488 e. The Balaban J connectivity index is 0.00000578. The fourth-order valence-corrected chi connectivity index (χ4v) is 4.88. The molecule has 0 heterocycles. The van der Waals surface area contributed by atoms with Crippen molar-refractivity contribution in [3.63, 3.8) is 0 Å². The van der Waals surface area contributed by atoms with Crippen LogP contribution in [0.25, 0.3) is 0 Å². The Morgan fingerprint density at radius 2 is 1.06 bits per heavy atom. The Bertz CT molecular complexity index is 964. The molecule has 0 saturated carbocycles. The van der Waals surface area contributed by atoms with Gasteiger partial charge in [-0.3, -0.25) is 4.79 Å². The van der Waals surface area contributed by atoms with Gasteiger partial charge >= 0.3 is 0 Å². The van der Waals surface area contributed by atoms with E-state index in [-0.39, 0.29) is 38.6 Å². The van der Waals surface area contributed by atoms with Crippen molar-refractivity contribution in [2.24, 2.45) is 0 Å². The van der Waals surface area contributed by atoms with Gasteiger partial charge in [-0.15, -0.1) is 0 Å². The Kier molecular flexibility index (Phi) is 9.95. The Morgan fingerprint density at radius 3 is 1.41 bits per heavy atom. The predicted molar refractivity (Wildman–Crippen MR) is 146 cm³/mol. The van der Waals surface area contributed by atoms with Crippen LogP contribution >= 0.6 is 8.58 Å². The van der Waals surface area contributed by atoms with Gasteiger partial charge < -0.3 is 14.2 Å². The number of benzene rings is 2. The van der Waals surface area contributed by atoms with Crippen molar-refractivity contribution in [2.75, 3.05) is 0 Å². The first-order valence-electron chi connectivity index (χ1n) is 11.5. The summed E-state index contributed by atoms with van der Waals surface area (Å²) in [6, 6.07) is 7.89. The van der Waals surface area contributed by atoms with Crippen molar-refractivity contribution >= 4 is 38.3 Å². The van der Waals surface area contributed by atoms with Crippen molar-refractivity contribution < 1.29 is 19.0 Å². The molecular formula is C28H41LiO4P. The molecule has 2 aromatic carbocycles. The SMILES string of the molecule is Cc1cc(C)c(C(=O)Pc2c(OC(C)(C)C)cc(OC(C)(C)C)cc2OC(C)(C)C)c(C)c1.[Li]. The van der Waals surface area contributed by atoms with E-state index >= 15 is 0 Å². The third-order valence-electron chi connectivity index (χ3n) is 4.44. The predicted octanol–water partition coefficient (Wildman–Crippen LogP) is 6.91. The molecule has 0 aliphatic rings. The van der Waals surface area contributed by atoms with Crippen LogP contribution in [0.2, 0.25) is 0 Å². The van der Waals surface area contributed by atoms with Crippen LogP contribution in [-0.2, 0) is 0 Å². The van der Waals surface area contributed by atoms with Gasteiger partial charge in [0.2, 0.25) is 0 Å². The van der Waals surface area contributed by atoms with E-state index in [9.17, 15) is 4.79 Å². The van der Waals surface area contributed by atoms with Crippen LogP contribution in [0.15, 0.2) is 24.3 Å². The van der Waals surface area contributed by atoms with Gasteiger partial charge in [0.15, 0.2) is 5.52 Å². The zero-order chi connectivity index (χ0) is 25.4. The number of aryl methyl sites for hydroxylation is 3. The first-order chi connectivity index (χ1) is 14.8. The van der Waals surface area contributed by atoms with Gasteiger partial charge in [-0.1, -0.05) is 17.7 Å². The molecule has 1 atom stereocenters. The molecule has 2 rings (SSSR count). The third-order valence-corrected chi connectivity index (χ3v) is 5.66. The number of hydrogen-bond donors (Lipinski definition) is 0. The van der Waals surface area contributed by atoms with E-state index in [1.54, 1.807) is 0 Å². The van der Waals surface area contributed by atoms with Gasteiger partial charge in [-0.2, -0.15) is 0 Å². The molecule has 34 heavy (non-hydrogen) atoms. The monoisotopic (exact) mass is 479 g/mol. The van der Waals surface area contributed by atoms with Crippen LogP contribution in [0.4, 0.5) is 0 Å². The minimum absolute atomic E-state index is 0. The fourth-order valence-electron chi connectivity index (χ4n) is 3.64. The van der Waals surface area contributed by atoms with Crippen LogP contribution in [0.3, 0.4) is 0 Å². The smallest absolute Gasteiger partial charge is 0.186 e. The quantitative estimate of drug-likeness (QED) is 0.334. The molecule has 0 amide bonds. The van der Waals surface area contributed by atoms with Crippen molar-refractivity contribution in [1.29, 1.82) is 0 Å². The molecule has 0 aliphatic carbocycles. The summed E-state index contributed by atoms with van der Waals surface area (Å²) >= 11 is 0. The van der Waals surface area contributed by atoms with Gasteiger partial charge in [0.1, 0.15) is 34.1 Å². The van der Waals surface area contributed by atoms with E-state index in [4.69, 9.17) is 14.2 Å². The molecule has 1 radical (unpaired) electrons. The molecule has 183 valence electrons. The number of carbonyl (C=O) groups excluding carboxylic acids is 1. The summed E-state index contributed by atoms with van der Waals surface area (Å²) < 4.78 is 18.9. The van der Waals surface area contributed by atoms with Crippen molar-refractivity contribution in [1.82, 2.24) is 0 Å². The number of carbonyl (C=O) groups is 1. The van der Waals surface area contributed by atoms with Gasteiger partial charge in [0.25, 0.3) is 0 Å². The van der Waals surface area contributed by atoms with E-state index in [1.807, 2.05) is 88.3 Å². The molecule has 0 fully saturated rings. The van der Waals surface area contributed by atoms with Gasteiger partial charge in [0.05, 0.1) is 5.30 Å². The summed E-state index contributed by atoms with van der Waals surface area (Å²) in [4.78, 5) is 13.6. The van der Waals surface area contributed by atoms with Crippen LogP contribution in [0.1, 0.15) is 89.4 Å². The summed E-state index contributed by atoms with van der Waals surface area (Å²) in [5, 5.41) is 0.769. The molecule has 0 bridgehead atoms. The number of ether oxygens (including phenoxy) is 3. The molecule has 6 heteroatoms. The van der Waals surface area contributed by atoms with Crippen LogP contribution in [0.5, 0.6) is 17.2 Å². The zero-order valence-electron chi connectivity index (χ0n) is 23.4. The summed E-state index contributed by atoms with van der Waals surface area (Å²) in [6.45, 7) is 24.0. The molecule has 0 saturated heterocycles. The Morgan fingerprint density at radius 1 is 0.676 bits per heavy atom. The second-order valence-electron chi connectivity index (χ2n) is 11.7. The average Bonchev–Trinajstić information content (AvgIpc) is 2.52. The molecule has 1 unspecified atom stereocenters. The Labute approximate surface area is 220 Å². The molecule has 4 nitrogen and oxygen atoms in total. The second-order valence-corrected chi connectivity index (χ2v) is 12.9. The van der Waals surface area contributed by atoms with Crippen LogP contribution in [-0.4, -0.2) is 41.2 Å². The standard InChI is InChI=1S/C28H41O4P.Li/c1-17-13-18(2)23(19(3)14-17)25(29)33-24-21(31-27(7,8)9)15-20(30-26(4,5)6)16-22(24)32-28(10,11)12;/h13-16,33H,1-12H3;. The second kappa shape index (κ2) is 11.1. The maximum absolute atomic E-state index is 13.6. The molecule has 0 aliphatic heterocycles. The maximum Gasteiger partial charge on any atom is 0.186 e. The van der Waals surface area contributed by atoms with Gasteiger partial charge in [-0.25, -0.2) is 0 Å². The molecule has 2 aromatic rings. The third kappa shape index (κ3) is 9.30. The molecule has 0 N–H and O–H groups in total. The van der Waals surface area contributed by atoms with E-state index < -0.39 is 11.2 Å². The topological polar surface area (TPSA) is 44.8 Å². The first-order valence-corrected chi connectivity index (χ1v) is 12.5. The number of rotatable bonds is 6. The van der Waals surface area contributed by atoms with E-state index in [1.165, 1.54) is 0 Å². The molecule has 0 spiro atoms. The minimum atomic E-state index is -0.447. The normalized spacial score (nSPS) is 12.5. The largest absolute Gasteiger partial charge is 0.488 e. The number of hydrogen-bond acceptors (Lipinski definition) is 4. The van der Waals surface area contributed by atoms with Crippen molar-refractivity contribution in [2.45, 2.75) is 99.9 Å². The summed E-state index contributed by atoms with van der Waals surface area (Å²) in [7, 11) is -0.145. The summed E-state index contributed by atoms with van der Waals surface area (Å²) in [5.74, 6) is 1.90. The maximum atomic E-state index is 13.6. The van der Waals surface area contributed by atoms with E-state index in [2.05, 4.69) is 19.1 Å². The van der Waals surface area contributed by atoms with Crippen LogP contribution < -0.4 is 19.5 Å². The average molecular weight is 480 g/mol.